The number of unbranched alkanes of at least 4 members (excludes halogenated alkanes) is 2. The largest absolute Gasteiger partial charge is 0.485 e. The fraction of sp³-hybridized carbons (Fsp3) is 0.429. The van der Waals surface area contributed by atoms with Gasteiger partial charge in [-0.15, -0.1) is 0 Å². The second-order valence-corrected chi connectivity index (χ2v) is 8.55. The van der Waals surface area contributed by atoms with Crippen molar-refractivity contribution >= 4 is 21.7 Å². The van der Waals surface area contributed by atoms with Gasteiger partial charge in [0.1, 0.15) is 11.5 Å². The molecule has 164 valence electrons. The minimum absolute atomic E-state index is 0.0681. The lowest BCUT2D eigenvalue weighted by Gasteiger charge is -2.28. The Morgan fingerprint density at radius 2 is 1.87 bits per heavy atom. The number of nitrogens with two attached hydrogens (primary N) is 1. The van der Waals surface area contributed by atoms with Crippen molar-refractivity contribution in [1.29, 1.82) is 0 Å². The molecule has 0 aliphatic rings. The van der Waals surface area contributed by atoms with E-state index in [0.29, 0.717) is 18.8 Å². The van der Waals surface area contributed by atoms with Gasteiger partial charge in [0, 0.05) is 31.0 Å². The summed E-state index contributed by atoms with van der Waals surface area (Å²) < 4.78 is 30.6. The second-order valence-electron chi connectivity index (χ2n) is 7.02. The zero-order chi connectivity index (χ0) is 22.1. The Labute approximate surface area is 177 Å². The number of primary sulfonamides is 1. The molecule has 1 aromatic carbocycles. The zero-order valence-electron chi connectivity index (χ0n) is 17.4. The average Bonchev–Trinajstić information content (AvgIpc) is 2.72. The highest BCUT2D eigenvalue weighted by Gasteiger charge is 2.25. The van der Waals surface area contributed by atoms with Gasteiger partial charge in [-0.1, -0.05) is 32.8 Å². The predicted molar refractivity (Wildman–Crippen MR) is 115 cm³/mol. The molecule has 30 heavy (non-hydrogen) atoms. The Bertz CT molecular complexity index is 941. The van der Waals surface area contributed by atoms with E-state index < -0.39 is 16.0 Å². The summed E-state index contributed by atoms with van der Waals surface area (Å²) in [5, 5.41) is 15.0. The Balaban J connectivity index is 2.61. The van der Waals surface area contributed by atoms with Gasteiger partial charge < -0.3 is 14.7 Å². The third-order valence-electron chi connectivity index (χ3n) is 4.60. The van der Waals surface area contributed by atoms with E-state index in [0.717, 1.165) is 37.3 Å². The van der Waals surface area contributed by atoms with Crippen LogP contribution in [0.15, 0.2) is 41.6 Å². The number of aromatic nitrogens is 1. The van der Waals surface area contributed by atoms with E-state index in [9.17, 15) is 18.3 Å². The first-order chi connectivity index (χ1) is 14.3. The minimum atomic E-state index is -4.22. The van der Waals surface area contributed by atoms with E-state index in [1.165, 1.54) is 6.07 Å². The molecule has 0 aliphatic heterocycles. The summed E-state index contributed by atoms with van der Waals surface area (Å²) in [4.78, 5) is 17.3. The number of pyridine rings is 1. The van der Waals surface area contributed by atoms with Crippen molar-refractivity contribution in [3.8, 4) is 5.75 Å². The lowest BCUT2D eigenvalue weighted by Crippen LogP contribution is -2.27. The monoisotopic (exact) mass is 435 g/mol. The van der Waals surface area contributed by atoms with Crippen LogP contribution in [0, 0.1) is 0 Å². The number of hydrogen-bond donors (Lipinski definition) is 2. The number of rotatable bonds is 12. The molecule has 0 unspecified atom stereocenters. The third kappa shape index (κ3) is 6.43. The van der Waals surface area contributed by atoms with E-state index in [1.54, 1.807) is 24.5 Å². The summed E-state index contributed by atoms with van der Waals surface area (Å²) in [7, 11) is -4.22. The maximum Gasteiger partial charge on any atom is 0.335 e. The van der Waals surface area contributed by atoms with Crippen LogP contribution in [-0.2, 0) is 16.6 Å². The molecule has 2 rings (SSSR count). The van der Waals surface area contributed by atoms with Gasteiger partial charge in [-0.05, 0) is 31.0 Å². The Morgan fingerprint density at radius 1 is 1.20 bits per heavy atom. The van der Waals surface area contributed by atoms with Gasteiger partial charge in [0.2, 0.25) is 10.0 Å². The molecular formula is C21H29N3O5S. The summed E-state index contributed by atoms with van der Waals surface area (Å²) in [5.41, 5.74) is 1.02. The molecule has 0 fully saturated rings. The van der Waals surface area contributed by atoms with Crippen molar-refractivity contribution in [2.24, 2.45) is 5.14 Å². The summed E-state index contributed by atoms with van der Waals surface area (Å²) >= 11 is 0. The normalized spacial score (nSPS) is 11.3. The lowest BCUT2D eigenvalue weighted by atomic mass is 10.1. The first kappa shape index (κ1) is 23.6. The molecule has 0 bridgehead atoms. The summed E-state index contributed by atoms with van der Waals surface area (Å²) in [5.74, 6) is -1.16. The minimum Gasteiger partial charge on any atom is -0.485 e. The number of ether oxygens (including phenoxy) is 1. The maximum absolute atomic E-state index is 12.3. The van der Waals surface area contributed by atoms with Crippen LogP contribution in [0.25, 0.3) is 0 Å². The molecule has 2 aromatic rings. The first-order valence-electron chi connectivity index (χ1n) is 9.98. The molecular weight excluding hydrogens is 406 g/mol. The molecule has 1 aromatic heterocycles. The van der Waals surface area contributed by atoms with Gasteiger partial charge in [-0.25, -0.2) is 18.4 Å². The quantitative estimate of drug-likeness (QED) is 0.524. The van der Waals surface area contributed by atoms with Crippen molar-refractivity contribution < 1.29 is 23.1 Å². The van der Waals surface area contributed by atoms with E-state index in [2.05, 4.69) is 18.8 Å². The van der Waals surface area contributed by atoms with Gasteiger partial charge in [0.15, 0.2) is 5.75 Å². The molecule has 0 aliphatic carbocycles. The summed E-state index contributed by atoms with van der Waals surface area (Å²) in [6, 6.07) is 6.07. The predicted octanol–water partition coefficient (Wildman–Crippen LogP) is 3.41. The van der Waals surface area contributed by atoms with E-state index >= 15 is 0 Å². The number of benzene rings is 1. The molecule has 1 heterocycles. The molecule has 0 saturated carbocycles. The number of nitrogens with zero attached hydrogens (tertiary/aromatic N) is 2. The fourth-order valence-corrected chi connectivity index (χ4v) is 3.71. The summed E-state index contributed by atoms with van der Waals surface area (Å²) in [6.07, 6.45) is 6.86. The summed E-state index contributed by atoms with van der Waals surface area (Å²) in [6.45, 7) is 5.48. The molecule has 0 radical (unpaired) electrons. The number of hydrogen-bond acceptors (Lipinski definition) is 6. The molecule has 0 amide bonds. The van der Waals surface area contributed by atoms with Crippen LogP contribution in [0.2, 0.25) is 0 Å². The van der Waals surface area contributed by atoms with Gasteiger partial charge in [0.05, 0.1) is 11.3 Å². The van der Waals surface area contributed by atoms with Crippen LogP contribution in [0.4, 0.5) is 5.69 Å². The van der Waals surface area contributed by atoms with Crippen LogP contribution >= 0.6 is 0 Å². The van der Waals surface area contributed by atoms with Gasteiger partial charge in [-0.3, -0.25) is 4.98 Å². The molecule has 0 atom stereocenters. The lowest BCUT2D eigenvalue weighted by molar-refractivity contribution is 0.0696. The van der Waals surface area contributed by atoms with Gasteiger partial charge in [-0.2, -0.15) is 0 Å². The standard InChI is InChI=1S/C21H29N3O5S/c1-3-5-10-24(11-6-4-2)18-12-17(21(25)26)13-19(30(22,27)28)20(18)29-15-16-8-7-9-23-14-16/h7-9,12-14H,3-6,10-11,15H2,1-2H3,(H,25,26)(H2,22,27,28). The highest BCUT2D eigenvalue weighted by Crippen LogP contribution is 2.37. The Hall–Kier alpha value is -2.65. The zero-order valence-corrected chi connectivity index (χ0v) is 18.2. The molecule has 9 heteroatoms. The van der Waals surface area contributed by atoms with Gasteiger partial charge >= 0.3 is 5.97 Å². The van der Waals surface area contributed by atoms with E-state index in [4.69, 9.17) is 9.88 Å². The Kier molecular flexibility index (Phi) is 8.61. The van der Waals surface area contributed by atoms with Crippen molar-refractivity contribution in [2.75, 3.05) is 18.0 Å². The van der Waals surface area contributed by atoms with Crippen LogP contribution in [-0.4, -0.2) is 37.6 Å². The number of carboxylic acid groups (broad SMARTS) is 1. The van der Waals surface area contributed by atoms with Crippen LogP contribution in [0.3, 0.4) is 0 Å². The van der Waals surface area contributed by atoms with E-state index in [1.807, 2.05) is 4.90 Å². The van der Waals surface area contributed by atoms with Gasteiger partial charge in [0.25, 0.3) is 0 Å². The topological polar surface area (TPSA) is 123 Å². The SMILES string of the molecule is CCCCN(CCCC)c1cc(C(=O)O)cc(S(N)(=O)=O)c1OCc1cccnc1. The number of sulfonamides is 1. The molecule has 0 spiro atoms. The number of anilines is 1. The number of aromatic carboxylic acids is 1. The Morgan fingerprint density at radius 3 is 2.37 bits per heavy atom. The van der Waals surface area contributed by atoms with E-state index in [-0.39, 0.29) is 22.8 Å². The fourth-order valence-electron chi connectivity index (χ4n) is 2.99. The van der Waals surface area contributed by atoms with Crippen LogP contribution in [0.5, 0.6) is 5.75 Å². The third-order valence-corrected chi connectivity index (χ3v) is 5.51. The smallest absolute Gasteiger partial charge is 0.335 e. The maximum atomic E-state index is 12.3. The number of carboxylic acids is 1. The van der Waals surface area contributed by atoms with Crippen molar-refractivity contribution in [3.05, 3.63) is 47.8 Å². The number of carbonyl (C=O) groups is 1. The second kappa shape index (κ2) is 10.9. The molecule has 3 N–H and O–H groups in total. The van der Waals surface area contributed by atoms with Crippen molar-refractivity contribution in [3.63, 3.8) is 0 Å². The van der Waals surface area contributed by atoms with Crippen LogP contribution < -0.4 is 14.8 Å². The molecule has 0 saturated heterocycles. The van der Waals surface area contributed by atoms with Crippen molar-refractivity contribution in [2.45, 2.75) is 51.0 Å². The average molecular weight is 436 g/mol. The first-order valence-corrected chi connectivity index (χ1v) is 11.5. The highest BCUT2D eigenvalue weighted by molar-refractivity contribution is 7.89. The van der Waals surface area contributed by atoms with Crippen molar-refractivity contribution in [1.82, 2.24) is 4.98 Å². The molecule has 8 nitrogen and oxygen atoms in total. The van der Waals surface area contributed by atoms with Crippen LogP contribution in [0.1, 0.15) is 55.5 Å². The highest BCUT2D eigenvalue weighted by atomic mass is 32.2.